The number of nitro groups is 1. The Morgan fingerprint density at radius 2 is 2.29 bits per heavy atom. The Labute approximate surface area is 95.8 Å². The first-order valence-corrected chi connectivity index (χ1v) is 4.57. The lowest BCUT2D eigenvalue weighted by atomic mass is 10.1. The molecule has 0 saturated heterocycles. The van der Waals surface area contributed by atoms with Crippen LogP contribution in [0.1, 0.15) is 12.0 Å². The number of nitro benzene ring substituents is 1. The van der Waals surface area contributed by atoms with Crippen LogP contribution in [-0.2, 0) is 4.79 Å². The standard InChI is InChI=1S/C10H8FN3O3/c1-6-4-7(11)5-8(14(16)17)10(6)13-9(15)2-3-12/h4-5H,2H2,1H3,(H,13,15). The average molecular weight is 237 g/mol. The number of aryl methyl sites for hydroxylation is 1. The summed E-state index contributed by atoms with van der Waals surface area (Å²) in [5.74, 6) is -1.43. The third kappa shape index (κ3) is 2.98. The van der Waals surface area contributed by atoms with E-state index >= 15 is 0 Å². The molecule has 0 aliphatic heterocycles. The molecule has 0 unspecified atom stereocenters. The van der Waals surface area contributed by atoms with Gasteiger partial charge in [-0.15, -0.1) is 0 Å². The second-order valence-electron chi connectivity index (χ2n) is 3.26. The maximum atomic E-state index is 13.0. The van der Waals surface area contributed by atoms with Crippen molar-refractivity contribution in [3.05, 3.63) is 33.6 Å². The first-order chi connectivity index (χ1) is 7.95. The smallest absolute Gasteiger partial charge is 0.295 e. The number of amides is 1. The Balaban J connectivity index is 3.18. The zero-order chi connectivity index (χ0) is 13.0. The number of halogens is 1. The van der Waals surface area contributed by atoms with Gasteiger partial charge in [0.15, 0.2) is 0 Å². The van der Waals surface area contributed by atoms with Crippen molar-refractivity contribution < 1.29 is 14.1 Å². The zero-order valence-electron chi connectivity index (χ0n) is 8.86. The van der Waals surface area contributed by atoms with Gasteiger partial charge in [0.25, 0.3) is 5.69 Å². The maximum absolute atomic E-state index is 13.0. The molecule has 0 saturated carbocycles. The van der Waals surface area contributed by atoms with Gasteiger partial charge >= 0.3 is 0 Å². The van der Waals surface area contributed by atoms with Gasteiger partial charge in [0, 0.05) is 0 Å². The van der Waals surface area contributed by atoms with E-state index in [4.69, 9.17) is 5.26 Å². The van der Waals surface area contributed by atoms with Crippen molar-refractivity contribution in [2.75, 3.05) is 5.32 Å². The van der Waals surface area contributed by atoms with Gasteiger partial charge in [-0.2, -0.15) is 5.26 Å². The molecule has 0 fully saturated rings. The quantitative estimate of drug-likeness (QED) is 0.641. The lowest BCUT2D eigenvalue weighted by Gasteiger charge is -2.07. The monoisotopic (exact) mass is 237 g/mol. The van der Waals surface area contributed by atoms with Crippen LogP contribution in [-0.4, -0.2) is 10.8 Å². The van der Waals surface area contributed by atoms with Gasteiger partial charge in [0.05, 0.1) is 17.1 Å². The highest BCUT2D eigenvalue weighted by atomic mass is 19.1. The molecule has 0 bridgehead atoms. The number of rotatable bonds is 3. The fourth-order valence-corrected chi connectivity index (χ4v) is 1.29. The predicted octanol–water partition coefficient (Wildman–Crippen LogP) is 1.89. The van der Waals surface area contributed by atoms with E-state index in [0.29, 0.717) is 0 Å². The van der Waals surface area contributed by atoms with E-state index in [-0.39, 0.29) is 11.3 Å². The number of hydrogen-bond acceptors (Lipinski definition) is 4. The van der Waals surface area contributed by atoms with E-state index in [1.54, 1.807) is 6.07 Å². The van der Waals surface area contributed by atoms with Crippen LogP contribution >= 0.6 is 0 Å². The van der Waals surface area contributed by atoms with Gasteiger partial charge in [0.1, 0.15) is 17.9 Å². The van der Waals surface area contributed by atoms with Crippen LogP contribution < -0.4 is 5.32 Å². The second-order valence-corrected chi connectivity index (χ2v) is 3.26. The minimum atomic E-state index is -0.794. The summed E-state index contributed by atoms with van der Waals surface area (Å²) in [5, 5.41) is 21.2. The maximum Gasteiger partial charge on any atom is 0.295 e. The molecule has 0 heterocycles. The Morgan fingerprint density at radius 1 is 1.65 bits per heavy atom. The molecule has 7 heteroatoms. The molecule has 0 radical (unpaired) electrons. The summed E-state index contributed by atoms with van der Waals surface area (Å²) < 4.78 is 13.0. The molecular formula is C10H8FN3O3. The second kappa shape index (κ2) is 5.03. The van der Waals surface area contributed by atoms with Crippen LogP contribution in [0.2, 0.25) is 0 Å². The molecule has 1 rings (SSSR count). The van der Waals surface area contributed by atoms with Gasteiger partial charge in [-0.3, -0.25) is 14.9 Å². The molecular weight excluding hydrogens is 229 g/mol. The molecule has 0 aliphatic carbocycles. The normalized spacial score (nSPS) is 9.47. The molecule has 1 N–H and O–H groups in total. The van der Waals surface area contributed by atoms with Crippen molar-refractivity contribution in [1.82, 2.24) is 0 Å². The van der Waals surface area contributed by atoms with Crippen LogP contribution in [0.4, 0.5) is 15.8 Å². The Hall–Kier alpha value is -2.49. The van der Waals surface area contributed by atoms with Crippen molar-refractivity contribution in [2.24, 2.45) is 0 Å². The molecule has 1 aromatic rings. The summed E-state index contributed by atoms with van der Waals surface area (Å²) in [6.45, 7) is 1.43. The lowest BCUT2D eigenvalue weighted by molar-refractivity contribution is -0.384. The number of carbonyl (C=O) groups excluding carboxylic acids is 1. The van der Waals surface area contributed by atoms with Crippen LogP contribution in [0.15, 0.2) is 12.1 Å². The predicted molar refractivity (Wildman–Crippen MR) is 56.7 cm³/mol. The van der Waals surface area contributed by atoms with Gasteiger partial charge in [-0.25, -0.2) is 4.39 Å². The molecule has 0 spiro atoms. The van der Waals surface area contributed by atoms with Crippen molar-refractivity contribution in [3.8, 4) is 6.07 Å². The molecule has 1 amide bonds. The number of nitrogens with one attached hydrogen (secondary N) is 1. The van der Waals surface area contributed by atoms with E-state index in [1.165, 1.54) is 6.92 Å². The Kier molecular flexibility index (Phi) is 3.72. The van der Waals surface area contributed by atoms with Crippen molar-refractivity contribution in [2.45, 2.75) is 13.3 Å². The van der Waals surface area contributed by atoms with E-state index in [2.05, 4.69) is 5.32 Å². The summed E-state index contributed by atoms with van der Waals surface area (Å²) >= 11 is 0. The first-order valence-electron chi connectivity index (χ1n) is 4.57. The van der Waals surface area contributed by atoms with Gasteiger partial charge in [0.2, 0.25) is 5.91 Å². The highest BCUT2D eigenvalue weighted by Gasteiger charge is 2.19. The number of nitrogens with zero attached hydrogens (tertiary/aromatic N) is 2. The molecule has 17 heavy (non-hydrogen) atoms. The molecule has 0 aromatic heterocycles. The molecule has 1 aromatic carbocycles. The Bertz CT molecular complexity index is 522. The van der Waals surface area contributed by atoms with Crippen molar-refractivity contribution >= 4 is 17.3 Å². The number of carbonyl (C=O) groups is 1. The van der Waals surface area contributed by atoms with Crippen molar-refractivity contribution in [3.63, 3.8) is 0 Å². The number of benzene rings is 1. The zero-order valence-corrected chi connectivity index (χ0v) is 8.86. The van der Waals surface area contributed by atoms with E-state index in [9.17, 15) is 19.3 Å². The topological polar surface area (TPSA) is 96.0 Å². The third-order valence-electron chi connectivity index (χ3n) is 1.98. The number of nitriles is 1. The molecule has 0 atom stereocenters. The van der Waals surface area contributed by atoms with Crippen LogP contribution in [0.3, 0.4) is 0 Å². The molecule has 0 aliphatic rings. The fraction of sp³-hybridized carbons (Fsp3) is 0.200. The summed E-state index contributed by atoms with van der Waals surface area (Å²) in [7, 11) is 0. The highest BCUT2D eigenvalue weighted by Crippen LogP contribution is 2.29. The fourth-order valence-electron chi connectivity index (χ4n) is 1.29. The third-order valence-corrected chi connectivity index (χ3v) is 1.98. The highest BCUT2D eigenvalue weighted by molar-refractivity contribution is 5.95. The van der Waals surface area contributed by atoms with Crippen LogP contribution in [0.25, 0.3) is 0 Å². The number of hydrogen-bond donors (Lipinski definition) is 1. The average Bonchev–Trinajstić information content (AvgIpc) is 2.21. The van der Waals surface area contributed by atoms with Gasteiger partial charge < -0.3 is 5.32 Å². The Morgan fingerprint density at radius 3 is 2.82 bits per heavy atom. The lowest BCUT2D eigenvalue weighted by Crippen LogP contribution is -2.13. The van der Waals surface area contributed by atoms with E-state index in [1.807, 2.05) is 0 Å². The summed E-state index contributed by atoms with van der Waals surface area (Å²) in [4.78, 5) is 21.1. The SMILES string of the molecule is Cc1cc(F)cc([N+](=O)[O-])c1NC(=O)CC#N. The minimum Gasteiger partial charge on any atom is -0.319 e. The van der Waals surface area contributed by atoms with Crippen LogP contribution in [0.5, 0.6) is 0 Å². The number of anilines is 1. The minimum absolute atomic E-state index is 0.0864. The largest absolute Gasteiger partial charge is 0.319 e. The first kappa shape index (κ1) is 12.6. The van der Waals surface area contributed by atoms with Crippen molar-refractivity contribution in [1.29, 1.82) is 5.26 Å². The molecule has 88 valence electrons. The molecule has 6 nitrogen and oxygen atoms in total. The summed E-state index contributed by atoms with van der Waals surface area (Å²) in [6, 6.07) is 3.39. The van der Waals surface area contributed by atoms with E-state index in [0.717, 1.165) is 12.1 Å². The van der Waals surface area contributed by atoms with Gasteiger partial charge in [-0.1, -0.05) is 0 Å². The summed E-state index contributed by atoms with van der Waals surface area (Å²) in [5.41, 5.74) is -0.395. The van der Waals surface area contributed by atoms with E-state index < -0.39 is 28.8 Å². The van der Waals surface area contributed by atoms with Gasteiger partial charge in [-0.05, 0) is 18.6 Å². The van der Waals surface area contributed by atoms with Crippen LogP contribution in [0, 0.1) is 34.2 Å². The summed E-state index contributed by atoms with van der Waals surface area (Å²) in [6.07, 6.45) is -0.423.